The predicted molar refractivity (Wildman–Crippen MR) is 115 cm³/mol. The number of hydrogen-bond acceptors (Lipinski definition) is 6. The summed E-state index contributed by atoms with van der Waals surface area (Å²) >= 11 is 0. The van der Waals surface area contributed by atoms with Gasteiger partial charge in [-0.25, -0.2) is 13.2 Å². The van der Waals surface area contributed by atoms with E-state index < -0.39 is 22.1 Å². The van der Waals surface area contributed by atoms with Crippen LogP contribution in [-0.4, -0.2) is 63.0 Å². The summed E-state index contributed by atoms with van der Waals surface area (Å²) in [6.45, 7) is 6.55. The summed E-state index contributed by atoms with van der Waals surface area (Å²) in [6.07, 6.45) is 3.27. The van der Waals surface area contributed by atoms with Gasteiger partial charge in [-0.3, -0.25) is 4.79 Å². The first-order valence-corrected chi connectivity index (χ1v) is 12.3. The van der Waals surface area contributed by atoms with Crippen LogP contribution in [0.1, 0.15) is 55.5 Å². The second-order valence-corrected chi connectivity index (χ2v) is 10.3. The zero-order chi connectivity index (χ0) is 22.6. The molecule has 0 unspecified atom stereocenters. The normalized spacial score (nSPS) is 23.7. The topological polar surface area (TPSA) is 102 Å². The van der Waals surface area contributed by atoms with Crippen LogP contribution in [0.2, 0.25) is 0 Å². The highest BCUT2D eigenvalue weighted by Gasteiger charge is 2.30. The third-order valence-electron chi connectivity index (χ3n) is 6.10. The second-order valence-electron chi connectivity index (χ2n) is 8.42. The van der Waals surface area contributed by atoms with Crippen LogP contribution in [0.5, 0.6) is 0 Å². The molecule has 0 bridgehead atoms. The SMILES string of the molecule is Cc1ccc(C(=O)O[C@H](C)C(=O)N[C@@H]2CCCC[C@@H]2C)cc1S(=O)(=O)N1CCOCC1. The van der Waals surface area contributed by atoms with Crippen molar-refractivity contribution in [2.75, 3.05) is 26.3 Å². The number of ether oxygens (including phenoxy) is 2. The van der Waals surface area contributed by atoms with E-state index in [0.717, 1.165) is 19.3 Å². The van der Waals surface area contributed by atoms with Gasteiger partial charge in [-0.05, 0) is 50.3 Å². The number of rotatable bonds is 6. The van der Waals surface area contributed by atoms with Crippen LogP contribution in [0.25, 0.3) is 0 Å². The number of benzene rings is 1. The van der Waals surface area contributed by atoms with Gasteiger partial charge in [-0.15, -0.1) is 0 Å². The molecule has 2 aliphatic rings. The van der Waals surface area contributed by atoms with Gasteiger partial charge in [0.05, 0.1) is 23.7 Å². The minimum absolute atomic E-state index is 0.0667. The number of aryl methyl sites for hydroxylation is 1. The maximum atomic E-state index is 13.0. The molecule has 1 aliphatic heterocycles. The first-order valence-electron chi connectivity index (χ1n) is 10.9. The van der Waals surface area contributed by atoms with Gasteiger partial charge in [0.15, 0.2) is 6.10 Å². The average molecular weight is 453 g/mol. The van der Waals surface area contributed by atoms with E-state index in [-0.39, 0.29) is 35.5 Å². The Morgan fingerprint density at radius 1 is 1.19 bits per heavy atom. The standard InChI is InChI=1S/C22H32N2O6S/c1-15-6-4-5-7-19(15)23-21(25)17(3)30-22(26)18-9-8-16(2)20(14-18)31(27,28)24-10-12-29-13-11-24/h8-9,14-15,17,19H,4-7,10-13H2,1-3H3,(H,23,25)/t15-,17+,19+/m0/s1. The van der Waals surface area contributed by atoms with Crippen LogP contribution in [0.4, 0.5) is 0 Å². The monoisotopic (exact) mass is 452 g/mol. The van der Waals surface area contributed by atoms with Gasteiger partial charge < -0.3 is 14.8 Å². The van der Waals surface area contributed by atoms with E-state index in [1.807, 2.05) is 0 Å². The van der Waals surface area contributed by atoms with Crippen molar-refractivity contribution in [1.82, 2.24) is 9.62 Å². The average Bonchev–Trinajstić information content (AvgIpc) is 2.76. The van der Waals surface area contributed by atoms with E-state index in [9.17, 15) is 18.0 Å². The number of nitrogens with zero attached hydrogens (tertiary/aromatic N) is 1. The summed E-state index contributed by atoms with van der Waals surface area (Å²) in [6, 6.07) is 4.52. The summed E-state index contributed by atoms with van der Waals surface area (Å²) in [4.78, 5) is 25.2. The molecule has 1 heterocycles. The quantitative estimate of drug-likeness (QED) is 0.665. The number of carbonyl (C=O) groups excluding carboxylic acids is 2. The molecule has 172 valence electrons. The van der Waals surface area contributed by atoms with Crippen molar-refractivity contribution in [3.63, 3.8) is 0 Å². The molecule has 3 rings (SSSR count). The van der Waals surface area contributed by atoms with Gasteiger partial charge in [0.25, 0.3) is 5.91 Å². The largest absolute Gasteiger partial charge is 0.449 e. The van der Waals surface area contributed by atoms with Crippen LogP contribution >= 0.6 is 0 Å². The fourth-order valence-electron chi connectivity index (χ4n) is 4.04. The lowest BCUT2D eigenvalue weighted by Crippen LogP contribution is -2.46. The number of amides is 1. The molecule has 31 heavy (non-hydrogen) atoms. The van der Waals surface area contributed by atoms with Crippen LogP contribution in [0.3, 0.4) is 0 Å². The Morgan fingerprint density at radius 3 is 2.55 bits per heavy atom. The molecule has 1 aromatic rings. The smallest absolute Gasteiger partial charge is 0.338 e. The van der Waals surface area contributed by atoms with Gasteiger partial charge in [0.1, 0.15) is 0 Å². The molecule has 1 aromatic carbocycles. The maximum absolute atomic E-state index is 13.0. The molecule has 1 saturated heterocycles. The Hall–Kier alpha value is -1.97. The molecule has 8 nitrogen and oxygen atoms in total. The third-order valence-corrected chi connectivity index (χ3v) is 8.14. The summed E-state index contributed by atoms with van der Waals surface area (Å²) in [5.74, 6) is -0.663. The number of sulfonamides is 1. The van der Waals surface area contributed by atoms with Crippen LogP contribution in [-0.2, 0) is 24.3 Å². The zero-order valence-corrected chi connectivity index (χ0v) is 19.2. The highest BCUT2D eigenvalue weighted by Crippen LogP contribution is 2.25. The summed E-state index contributed by atoms with van der Waals surface area (Å²) in [5, 5.41) is 2.98. The highest BCUT2D eigenvalue weighted by atomic mass is 32.2. The lowest BCUT2D eigenvalue weighted by atomic mass is 9.86. The molecular formula is C22H32N2O6S. The number of hydrogen-bond donors (Lipinski definition) is 1. The first-order chi connectivity index (χ1) is 14.7. The molecule has 2 fully saturated rings. The van der Waals surface area contributed by atoms with E-state index in [4.69, 9.17) is 9.47 Å². The molecular weight excluding hydrogens is 420 g/mol. The molecule has 3 atom stereocenters. The molecule has 1 aliphatic carbocycles. The summed E-state index contributed by atoms with van der Waals surface area (Å²) in [7, 11) is -3.75. The van der Waals surface area contributed by atoms with E-state index in [1.54, 1.807) is 13.0 Å². The van der Waals surface area contributed by atoms with Crippen molar-refractivity contribution in [1.29, 1.82) is 0 Å². The number of esters is 1. The zero-order valence-electron chi connectivity index (χ0n) is 18.4. The fourth-order valence-corrected chi connectivity index (χ4v) is 5.70. The van der Waals surface area contributed by atoms with Gasteiger partial charge in [-0.1, -0.05) is 25.8 Å². The van der Waals surface area contributed by atoms with Crippen molar-refractivity contribution >= 4 is 21.9 Å². The number of carbonyl (C=O) groups is 2. The molecule has 0 aromatic heterocycles. The molecule has 1 N–H and O–H groups in total. The third kappa shape index (κ3) is 5.64. The minimum atomic E-state index is -3.75. The van der Waals surface area contributed by atoms with Gasteiger partial charge in [0.2, 0.25) is 10.0 Å². The Labute approximate surface area is 184 Å². The Balaban J connectivity index is 1.68. The first kappa shape index (κ1) is 23.7. The van der Waals surface area contributed by atoms with Crippen molar-refractivity contribution in [2.45, 2.75) is 63.5 Å². The Bertz CT molecular complexity index is 911. The van der Waals surface area contributed by atoms with E-state index in [2.05, 4.69) is 12.2 Å². The van der Waals surface area contributed by atoms with Gasteiger partial charge in [-0.2, -0.15) is 4.31 Å². The van der Waals surface area contributed by atoms with Crippen molar-refractivity contribution in [2.24, 2.45) is 5.92 Å². The Morgan fingerprint density at radius 2 is 1.87 bits per heavy atom. The molecule has 0 radical (unpaired) electrons. The second kappa shape index (κ2) is 10.1. The van der Waals surface area contributed by atoms with Gasteiger partial charge >= 0.3 is 5.97 Å². The lowest BCUT2D eigenvalue weighted by Gasteiger charge is -2.30. The summed E-state index contributed by atoms with van der Waals surface area (Å²) < 4.78 is 38.0. The number of nitrogens with one attached hydrogen (secondary N) is 1. The van der Waals surface area contributed by atoms with Crippen molar-refractivity contribution < 1.29 is 27.5 Å². The molecule has 0 spiro atoms. The van der Waals surface area contributed by atoms with Crippen molar-refractivity contribution in [3.05, 3.63) is 29.3 Å². The van der Waals surface area contributed by atoms with E-state index >= 15 is 0 Å². The van der Waals surface area contributed by atoms with Gasteiger partial charge in [0, 0.05) is 19.1 Å². The maximum Gasteiger partial charge on any atom is 0.338 e. The fraction of sp³-hybridized carbons (Fsp3) is 0.636. The molecule has 9 heteroatoms. The minimum Gasteiger partial charge on any atom is -0.449 e. The number of morpholine rings is 1. The van der Waals surface area contributed by atoms with E-state index in [0.29, 0.717) is 24.7 Å². The van der Waals surface area contributed by atoms with Crippen LogP contribution in [0.15, 0.2) is 23.1 Å². The summed E-state index contributed by atoms with van der Waals surface area (Å²) in [5.41, 5.74) is 0.642. The van der Waals surface area contributed by atoms with E-state index in [1.165, 1.54) is 29.8 Å². The highest BCUT2D eigenvalue weighted by molar-refractivity contribution is 7.89. The lowest BCUT2D eigenvalue weighted by molar-refractivity contribution is -0.130. The van der Waals surface area contributed by atoms with Crippen LogP contribution < -0.4 is 5.32 Å². The molecule has 1 saturated carbocycles. The van der Waals surface area contributed by atoms with Crippen LogP contribution in [0, 0.1) is 12.8 Å². The Kier molecular flexibility index (Phi) is 7.72. The van der Waals surface area contributed by atoms with Crippen molar-refractivity contribution in [3.8, 4) is 0 Å². The predicted octanol–water partition coefficient (Wildman–Crippen LogP) is 2.26. The molecule has 1 amide bonds.